The van der Waals surface area contributed by atoms with Crippen molar-refractivity contribution in [1.82, 2.24) is 5.32 Å². The van der Waals surface area contributed by atoms with Crippen LogP contribution >= 0.6 is 0 Å². The van der Waals surface area contributed by atoms with E-state index in [2.05, 4.69) is 12.2 Å². The van der Waals surface area contributed by atoms with E-state index in [0.29, 0.717) is 31.1 Å². The summed E-state index contributed by atoms with van der Waals surface area (Å²) in [5, 5.41) is 2.75. The van der Waals surface area contributed by atoms with E-state index in [1.165, 1.54) is 6.08 Å². The molecule has 1 aromatic rings. The first-order valence-electron chi connectivity index (χ1n) is 9.53. The molecule has 1 N–H and O–H groups in total. The number of rotatable bonds is 13. The maximum atomic E-state index is 11.8. The van der Waals surface area contributed by atoms with E-state index in [-0.39, 0.29) is 12.5 Å². The fourth-order valence-electron chi connectivity index (χ4n) is 2.42. The lowest BCUT2D eigenvalue weighted by Crippen LogP contribution is -2.27. The van der Waals surface area contributed by atoms with Crippen LogP contribution in [0.4, 0.5) is 0 Å². The zero-order chi connectivity index (χ0) is 19.9. The molecular formula is C21H31NO5. The Bertz CT molecular complexity index is 613. The first-order chi connectivity index (χ1) is 13.1. The maximum absolute atomic E-state index is 11.8. The summed E-state index contributed by atoms with van der Waals surface area (Å²) >= 11 is 0. The van der Waals surface area contributed by atoms with Crippen molar-refractivity contribution in [3.63, 3.8) is 0 Å². The zero-order valence-corrected chi connectivity index (χ0v) is 16.6. The summed E-state index contributed by atoms with van der Waals surface area (Å²) in [6.45, 7) is 5.06. The molecular weight excluding hydrogens is 346 g/mol. The summed E-state index contributed by atoms with van der Waals surface area (Å²) in [4.78, 5) is 23.4. The Labute approximate surface area is 161 Å². The van der Waals surface area contributed by atoms with Crippen LogP contribution in [-0.4, -0.2) is 38.7 Å². The Morgan fingerprint density at radius 2 is 1.93 bits per heavy atom. The lowest BCUT2D eigenvalue weighted by molar-refractivity contribution is -0.138. The molecule has 0 saturated carbocycles. The molecule has 1 amide bonds. The van der Waals surface area contributed by atoms with Gasteiger partial charge in [0.05, 0.1) is 20.3 Å². The van der Waals surface area contributed by atoms with Crippen LogP contribution in [0.2, 0.25) is 0 Å². The number of esters is 1. The van der Waals surface area contributed by atoms with Gasteiger partial charge in [-0.15, -0.1) is 0 Å². The Balaban J connectivity index is 2.31. The van der Waals surface area contributed by atoms with Crippen LogP contribution in [0.25, 0.3) is 6.08 Å². The number of unbranched alkanes of at least 4 members (excludes halogenated alkanes) is 3. The summed E-state index contributed by atoms with van der Waals surface area (Å²) in [5.41, 5.74) is 0.799. The Morgan fingerprint density at radius 3 is 2.63 bits per heavy atom. The van der Waals surface area contributed by atoms with Crippen LogP contribution in [0.15, 0.2) is 24.3 Å². The van der Waals surface area contributed by atoms with Gasteiger partial charge in [0, 0.05) is 12.5 Å². The normalized spacial score (nSPS) is 10.6. The highest BCUT2D eigenvalue weighted by Gasteiger charge is 2.05. The van der Waals surface area contributed by atoms with Gasteiger partial charge in [0.1, 0.15) is 6.61 Å². The van der Waals surface area contributed by atoms with Gasteiger partial charge < -0.3 is 19.5 Å². The molecule has 0 aromatic heterocycles. The largest absolute Gasteiger partial charge is 0.493 e. The van der Waals surface area contributed by atoms with Gasteiger partial charge in [0.25, 0.3) is 0 Å². The second-order valence-electron chi connectivity index (χ2n) is 6.00. The molecule has 6 nitrogen and oxygen atoms in total. The van der Waals surface area contributed by atoms with Crippen LogP contribution in [0.3, 0.4) is 0 Å². The standard InChI is InChI=1S/C21H31NO5/c1-4-6-7-8-9-20(23)22-14-15-27-21(24)13-11-17-10-12-18(26-5-2)19(16-17)25-3/h10-13,16H,4-9,14-15H2,1-3H3,(H,22,23)/b13-11+. The molecule has 27 heavy (non-hydrogen) atoms. The number of carbonyl (C=O) groups is 2. The number of amides is 1. The first kappa shape index (κ1) is 22.5. The van der Waals surface area contributed by atoms with Gasteiger partial charge in [-0.1, -0.05) is 32.3 Å². The molecule has 6 heteroatoms. The molecule has 0 aliphatic heterocycles. The fourth-order valence-corrected chi connectivity index (χ4v) is 2.42. The van der Waals surface area contributed by atoms with Gasteiger partial charge in [0.2, 0.25) is 5.91 Å². The molecule has 0 fully saturated rings. The van der Waals surface area contributed by atoms with Gasteiger partial charge in [-0.3, -0.25) is 4.79 Å². The highest BCUT2D eigenvalue weighted by molar-refractivity contribution is 5.87. The topological polar surface area (TPSA) is 73.9 Å². The van der Waals surface area contributed by atoms with Crippen molar-refractivity contribution in [1.29, 1.82) is 0 Å². The second-order valence-corrected chi connectivity index (χ2v) is 6.00. The van der Waals surface area contributed by atoms with Crippen LogP contribution in [0.1, 0.15) is 51.5 Å². The van der Waals surface area contributed by atoms with Crippen molar-refractivity contribution in [2.45, 2.75) is 46.0 Å². The molecule has 0 atom stereocenters. The van der Waals surface area contributed by atoms with Crippen molar-refractivity contribution in [2.24, 2.45) is 0 Å². The lowest BCUT2D eigenvalue weighted by atomic mass is 10.1. The molecule has 150 valence electrons. The van der Waals surface area contributed by atoms with Crippen LogP contribution in [-0.2, 0) is 14.3 Å². The number of ether oxygens (including phenoxy) is 3. The Morgan fingerprint density at radius 1 is 1.11 bits per heavy atom. The molecule has 0 saturated heterocycles. The van der Waals surface area contributed by atoms with Crippen molar-refractivity contribution in [2.75, 3.05) is 26.9 Å². The summed E-state index contributed by atoms with van der Waals surface area (Å²) < 4.78 is 15.8. The third kappa shape index (κ3) is 9.68. The minimum Gasteiger partial charge on any atom is -0.493 e. The Hall–Kier alpha value is -2.50. The van der Waals surface area contributed by atoms with Gasteiger partial charge >= 0.3 is 5.97 Å². The predicted molar refractivity (Wildman–Crippen MR) is 106 cm³/mol. The van der Waals surface area contributed by atoms with E-state index in [1.807, 2.05) is 13.0 Å². The molecule has 0 bridgehead atoms. The van der Waals surface area contributed by atoms with E-state index in [9.17, 15) is 9.59 Å². The molecule has 0 aliphatic carbocycles. The molecule has 1 rings (SSSR count). The van der Waals surface area contributed by atoms with Crippen LogP contribution < -0.4 is 14.8 Å². The highest BCUT2D eigenvalue weighted by Crippen LogP contribution is 2.28. The second kappa shape index (κ2) is 13.7. The summed E-state index contributed by atoms with van der Waals surface area (Å²) in [5.74, 6) is 0.804. The quantitative estimate of drug-likeness (QED) is 0.322. The van der Waals surface area contributed by atoms with Crippen LogP contribution in [0.5, 0.6) is 11.5 Å². The van der Waals surface area contributed by atoms with E-state index < -0.39 is 5.97 Å². The van der Waals surface area contributed by atoms with Gasteiger partial charge in [-0.25, -0.2) is 4.79 Å². The molecule has 1 aromatic carbocycles. The third-order valence-corrected chi connectivity index (χ3v) is 3.83. The number of carbonyl (C=O) groups excluding carboxylic acids is 2. The molecule has 0 unspecified atom stereocenters. The average Bonchev–Trinajstić information content (AvgIpc) is 2.68. The minimum atomic E-state index is -0.458. The smallest absolute Gasteiger partial charge is 0.330 e. The zero-order valence-electron chi connectivity index (χ0n) is 16.6. The van der Waals surface area contributed by atoms with Crippen molar-refractivity contribution in [3.05, 3.63) is 29.8 Å². The summed E-state index contributed by atoms with van der Waals surface area (Å²) in [6.07, 6.45) is 7.78. The summed E-state index contributed by atoms with van der Waals surface area (Å²) in [6, 6.07) is 5.41. The van der Waals surface area contributed by atoms with Gasteiger partial charge in [-0.2, -0.15) is 0 Å². The molecule has 0 heterocycles. The Kier molecular flexibility index (Phi) is 11.4. The summed E-state index contributed by atoms with van der Waals surface area (Å²) in [7, 11) is 1.57. The van der Waals surface area contributed by atoms with Crippen molar-refractivity contribution >= 4 is 18.0 Å². The molecule has 0 spiro atoms. The van der Waals surface area contributed by atoms with E-state index in [1.54, 1.807) is 25.3 Å². The number of methoxy groups -OCH3 is 1. The number of nitrogens with one attached hydrogen (secondary N) is 1. The number of benzene rings is 1. The maximum Gasteiger partial charge on any atom is 0.330 e. The SMILES string of the molecule is CCCCCCC(=O)NCCOC(=O)/C=C/c1ccc(OCC)c(OC)c1. The number of hydrogen-bond donors (Lipinski definition) is 1. The van der Waals surface area contributed by atoms with E-state index >= 15 is 0 Å². The lowest BCUT2D eigenvalue weighted by Gasteiger charge is -2.09. The predicted octanol–water partition coefficient (Wildman–Crippen LogP) is 3.74. The van der Waals surface area contributed by atoms with E-state index in [0.717, 1.165) is 31.2 Å². The van der Waals surface area contributed by atoms with Crippen LogP contribution in [0, 0.1) is 0 Å². The first-order valence-corrected chi connectivity index (χ1v) is 9.53. The van der Waals surface area contributed by atoms with Gasteiger partial charge in [-0.05, 0) is 37.1 Å². The number of hydrogen-bond acceptors (Lipinski definition) is 5. The van der Waals surface area contributed by atoms with Crippen molar-refractivity contribution in [3.8, 4) is 11.5 Å². The molecule has 0 aliphatic rings. The average molecular weight is 377 g/mol. The minimum absolute atomic E-state index is 0.000762. The molecule has 0 radical (unpaired) electrons. The van der Waals surface area contributed by atoms with Crippen molar-refractivity contribution < 1.29 is 23.8 Å². The monoisotopic (exact) mass is 377 g/mol. The van der Waals surface area contributed by atoms with E-state index in [4.69, 9.17) is 14.2 Å². The fraction of sp³-hybridized carbons (Fsp3) is 0.524. The highest BCUT2D eigenvalue weighted by atomic mass is 16.5. The van der Waals surface area contributed by atoms with Gasteiger partial charge in [0.15, 0.2) is 11.5 Å². The third-order valence-electron chi connectivity index (χ3n) is 3.83.